The number of ether oxygens (including phenoxy) is 1. The molecule has 0 aromatic heterocycles. The van der Waals surface area contributed by atoms with Gasteiger partial charge in [0.05, 0.1) is 0 Å². The van der Waals surface area contributed by atoms with Gasteiger partial charge in [0.2, 0.25) is 0 Å². The van der Waals surface area contributed by atoms with Crippen molar-refractivity contribution in [1.82, 2.24) is 0 Å². The van der Waals surface area contributed by atoms with Crippen molar-refractivity contribution in [1.29, 1.82) is 0 Å². The van der Waals surface area contributed by atoms with Gasteiger partial charge < -0.3 is 10.5 Å². The SMILES string of the molecule is C=C(C)C(=O)OC(C)(C)C(C)(C)N. The van der Waals surface area contributed by atoms with Crippen LogP contribution in [0.2, 0.25) is 0 Å². The topological polar surface area (TPSA) is 52.3 Å². The van der Waals surface area contributed by atoms with Crippen molar-refractivity contribution in [2.75, 3.05) is 0 Å². The molecule has 2 N–H and O–H groups in total. The van der Waals surface area contributed by atoms with Gasteiger partial charge >= 0.3 is 5.97 Å². The summed E-state index contributed by atoms with van der Waals surface area (Å²) in [6, 6.07) is 0. The molecule has 13 heavy (non-hydrogen) atoms. The van der Waals surface area contributed by atoms with Crippen LogP contribution in [0.4, 0.5) is 0 Å². The molecule has 76 valence electrons. The highest BCUT2D eigenvalue weighted by Crippen LogP contribution is 2.23. The van der Waals surface area contributed by atoms with E-state index in [1.165, 1.54) is 0 Å². The predicted octanol–water partition coefficient (Wildman–Crippen LogP) is 1.62. The minimum Gasteiger partial charge on any atom is -0.454 e. The zero-order valence-corrected chi connectivity index (χ0v) is 9.10. The molecule has 0 bridgehead atoms. The summed E-state index contributed by atoms with van der Waals surface area (Å²) in [7, 11) is 0. The third-order valence-corrected chi connectivity index (χ3v) is 2.25. The first-order valence-corrected chi connectivity index (χ1v) is 4.25. The summed E-state index contributed by atoms with van der Waals surface area (Å²) in [5.41, 5.74) is 4.98. The van der Waals surface area contributed by atoms with Crippen molar-refractivity contribution in [2.45, 2.75) is 45.8 Å². The molecular formula is C10H19NO2. The van der Waals surface area contributed by atoms with Crippen molar-refractivity contribution in [3.63, 3.8) is 0 Å². The van der Waals surface area contributed by atoms with Crippen LogP contribution < -0.4 is 5.73 Å². The van der Waals surface area contributed by atoms with E-state index in [9.17, 15) is 4.79 Å². The number of hydrogen-bond acceptors (Lipinski definition) is 3. The fraction of sp³-hybridized carbons (Fsp3) is 0.700. The lowest BCUT2D eigenvalue weighted by atomic mass is 9.87. The van der Waals surface area contributed by atoms with Gasteiger partial charge in [-0.05, 0) is 34.6 Å². The molecule has 0 aliphatic carbocycles. The Morgan fingerprint density at radius 1 is 1.31 bits per heavy atom. The van der Waals surface area contributed by atoms with Gasteiger partial charge in [0.15, 0.2) is 0 Å². The average molecular weight is 185 g/mol. The summed E-state index contributed by atoms with van der Waals surface area (Å²) in [5, 5.41) is 0. The highest BCUT2D eigenvalue weighted by molar-refractivity contribution is 5.87. The minimum atomic E-state index is -0.691. The summed E-state index contributed by atoms with van der Waals surface area (Å²) in [5.74, 6) is -0.400. The normalized spacial score (nSPS) is 12.5. The van der Waals surface area contributed by atoms with Gasteiger partial charge in [-0.25, -0.2) is 4.79 Å². The van der Waals surface area contributed by atoms with Crippen LogP contribution in [0.25, 0.3) is 0 Å². The fourth-order valence-electron chi connectivity index (χ4n) is 0.450. The third-order valence-electron chi connectivity index (χ3n) is 2.25. The van der Waals surface area contributed by atoms with Crippen molar-refractivity contribution in [3.8, 4) is 0 Å². The van der Waals surface area contributed by atoms with Gasteiger partial charge in [0, 0.05) is 11.1 Å². The molecule has 0 aromatic rings. The second-order valence-electron chi connectivity index (χ2n) is 4.40. The summed E-state index contributed by atoms with van der Waals surface area (Å²) in [4.78, 5) is 11.2. The zero-order chi connectivity index (χ0) is 10.9. The lowest BCUT2D eigenvalue weighted by Gasteiger charge is -2.37. The predicted molar refractivity (Wildman–Crippen MR) is 53.3 cm³/mol. The molecule has 0 fully saturated rings. The monoisotopic (exact) mass is 185 g/mol. The van der Waals surface area contributed by atoms with Crippen molar-refractivity contribution in [3.05, 3.63) is 12.2 Å². The molecule has 3 nitrogen and oxygen atoms in total. The molecular weight excluding hydrogens is 166 g/mol. The van der Waals surface area contributed by atoms with E-state index in [1.54, 1.807) is 20.8 Å². The van der Waals surface area contributed by atoms with Crippen LogP contribution in [0.15, 0.2) is 12.2 Å². The van der Waals surface area contributed by atoms with Crippen LogP contribution in [0.1, 0.15) is 34.6 Å². The minimum absolute atomic E-state index is 0.386. The Hall–Kier alpha value is -0.830. The fourth-order valence-corrected chi connectivity index (χ4v) is 0.450. The molecule has 3 heteroatoms. The quantitative estimate of drug-likeness (QED) is 0.537. The van der Waals surface area contributed by atoms with E-state index in [-0.39, 0.29) is 0 Å². The number of nitrogens with two attached hydrogens (primary N) is 1. The van der Waals surface area contributed by atoms with Gasteiger partial charge in [-0.3, -0.25) is 0 Å². The van der Waals surface area contributed by atoms with Crippen LogP contribution in [-0.2, 0) is 9.53 Å². The highest BCUT2D eigenvalue weighted by atomic mass is 16.6. The molecule has 0 saturated heterocycles. The molecule has 0 atom stereocenters. The zero-order valence-electron chi connectivity index (χ0n) is 9.10. The van der Waals surface area contributed by atoms with Gasteiger partial charge in [-0.2, -0.15) is 0 Å². The standard InChI is InChI=1S/C10H19NO2/c1-7(2)8(12)13-10(5,6)9(3,4)11/h1,11H2,2-6H3. The van der Waals surface area contributed by atoms with E-state index in [2.05, 4.69) is 6.58 Å². The van der Waals surface area contributed by atoms with Crippen molar-refractivity contribution >= 4 is 5.97 Å². The Labute approximate surface area is 79.9 Å². The first kappa shape index (κ1) is 12.2. The van der Waals surface area contributed by atoms with Crippen molar-refractivity contribution in [2.24, 2.45) is 5.73 Å². The van der Waals surface area contributed by atoms with E-state index in [4.69, 9.17) is 10.5 Å². The lowest BCUT2D eigenvalue weighted by Crippen LogP contribution is -2.55. The van der Waals surface area contributed by atoms with E-state index in [1.807, 2.05) is 13.8 Å². The summed E-state index contributed by atoms with van der Waals surface area (Å²) >= 11 is 0. The van der Waals surface area contributed by atoms with E-state index in [0.29, 0.717) is 5.57 Å². The summed E-state index contributed by atoms with van der Waals surface area (Å²) < 4.78 is 5.20. The number of esters is 1. The Morgan fingerprint density at radius 2 is 1.69 bits per heavy atom. The van der Waals surface area contributed by atoms with Gasteiger partial charge in [0.1, 0.15) is 5.60 Å². The molecule has 0 aromatic carbocycles. The molecule has 0 aliphatic rings. The largest absolute Gasteiger partial charge is 0.454 e. The average Bonchev–Trinajstić information content (AvgIpc) is 1.83. The number of carbonyl (C=O) groups excluding carboxylic acids is 1. The molecule has 0 amide bonds. The summed E-state index contributed by atoms with van der Waals surface area (Å²) in [6.45, 7) is 12.3. The first-order chi connectivity index (χ1) is 5.58. The van der Waals surface area contributed by atoms with E-state index >= 15 is 0 Å². The molecule has 0 spiro atoms. The van der Waals surface area contributed by atoms with Crippen LogP contribution in [0, 0.1) is 0 Å². The Balaban J connectivity index is 4.53. The number of rotatable bonds is 3. The smallest absolute Gasteiger partial charge is 0.333 e. The molecule has 0 radical (unpaired) electrons. The molecule has 0 rings (SSSR count). The Morgan fingerprint density at radius 3 is 1.92 bits per heavy atom. The maximum absolute atomic E-state index is 11.2. The Kier molecular flexibility index (Phi) is 3.28. The van der Waals surface area contributed by atoms with Gasteiger partial charge in [0.25, 0.3) is 0 Å². The third kappa shape index (κ3) is 3.19. The first-order valence-electron chi connectivity index (χ1n) is 4.25. The van der Waals surface area contributed by atoms with Crippen molar-refractivity contribution < 1.29 is 9.53 Å². The van der Waals surface area contributed by atoms with E-state index in [0.717, 1.165) is 0 Å². The molecule has 0 unspecified atom stereocenters. The summed E-state index contributed by atoms with van der Waals surface area (Å²) in [6.07, 6.45) is 0. The second-order valence-corrected chi connectivity index (χ2v) is 4.40. The van der Waals surface area contributed by atoms with Crippen LogP contribution in [-0.4, -0.2) is 17.1 Å². The van der Waals surface area contributed by atoms with Gasteiger partial charge in [-0.1, -0.05) is 6.58 Å². The molecule has 0 aliphatic heterocycles. The second kappa shape index (κ2) is 3.50. The van der Waals surface area contributed by atoms with E-state index < -0.39 is 17.1 Å². The van der Waals surface area contributed by atoms with Crippen LogP contribution in [0.3, 0.4) is 0 Å². The molecule has 0 saturated carbocycles. The van der Waals surface area contributed by atoms with Gasteiger partial charge in [-0.15, -0.1) is 0 Å². The van der Waals surface area contributed by atoms with Crippen LogP contribution in [0.5, 0.6) is 0 Å². The maximum atomic E-state index is 11.2. The molecule has 0 heterocycles. The number of hydrogen-bond donors (Lipinski definition) is 1. The number of carbonyl (C=O) groups is 1. The van der Waals surface area contributed by atoms with Crippen LogP contribution >= 0.6 is 0 Å². The lowest BCUT2D eigenvalue weighted by molar-refractivity contribution is -0.157. The maximum Gasteiger partial charge on any atom is 0.333 e. The highest BCUT2D eigenvalue weighted by Gasteiger charge is 2.37. The Bertz CT molecular complexity index is 224.